The first kappa shape index (κ1) is 17.1. The maximum Gasteiger partial charge on any atom is 0.128 e. The van der Waals surface area contributed by atoms with Crippen molar-refractivity contribution in [2.75, 3.05) is 6.61 Å². The molecule has 0 aliphatic carbocycles. The van der Waals surface area contributed by atoms with Gasteiger partial charge in [0.15, 0.2) is 0 Å². The maximum absolute atomic E-state index is 10.6. The van der Waals surface area contributed by atoms with Crippen LogP contribution in [0.15, 0.2) is 78.0 Å². The van der Waals surface area contributed by atoms with Gasteiger partial charge in [0.05, 0.1) is 12.8 Å². The highest BCUT2D eigenvalue weighted by atomic mass is 16.5. The number of aliphatic hydroxyl groups is 1. The third kappa shape index (κ3) is 3.37. The minimum atomic E-state index is -0.691. The molecular formula is C22H20N2O3. The van der Waals surface area contributed by atoms with Gasteiger partial charge in [0.1, 0.15) is 18.5 Å². The van der Waals surface area contributed by atoms with E-state index in [1.807, 2.05) is 36.4 Å². The van der Waals surface area contributed by atoms with E-state index in [2.05, 4.69) is 34.0 Å². The molecule has 4 rings (SSSR count). The summed E-state index contributed by atoms with van der Waals surface area (Å²) >= 11 is 0. The Labute approximate surface area is 156 Å². The van der Waals surface area contributed by atoms with Crippen LogP contribution >= 0.6 is 0 Å². The molecule has 0 saturated heterocycles. The van der Waals surface area contributed by atoms with Gasteiger partial charge in [-0.2, -0.15) is 0 Å². The summed E-state index contributed by atoms with van der Waals surface area (Å²) in [6, 6.07) is 23.6. The molecule has 0 spiro atoms. The number of oxime groups is 1. The summed E-state index contributed by atoms with van der Waals surface area (Å²) in [7, 11) is 0. The van der Waals surface area contributed by atoms with Crippen LogP contribution in [0.4, 0.5) is 0 Å². The first-order valence-corrected chi connectivity index (χ1v) is 8.81. The first-order valence-electron chi connectivity index (χ1n) is 8.81. The summed E-state index contributed by atoms with van der Waals surface area (Å²) in [6.45, 7) is 0.557. The Morgan fingerprint density at radius 3 is 2.15 bits per heavy atom. The Morgan fingerprint density at radius 1 is 0.889 bits per heavy atom. The van der Waals surface area contributed by atoms with E-state index in [0.29, 0.717) is 17.9 Å². The lowest BCUT2D eigenvalue weighted by Gasteiger charge is -2.16. The summed E-state index contributed by atoms with van der Waals surface area (Å²) in [5.74, 6) is 0.566. The Bertz CT molecular complexity index is 1050. The van der Waals surface area contributed by atoms with Crippen molar-refractivity contribution in [2.24, 2.45) is 5.16 Å². The molecule has 0 bridgehead atoms. The molecule has 1 atom stereocenters. The van der Waals surface area contributed by atoms with E-state index in [-0.39, 0.29) is 6.61 Å². The van der Waals surface area contributed by atoms with Crippen molar-refractivity contribution in [2.45, 2.75) is 12.6 Å². The Hall–Kier alpha value is -3.31. The topological polar surface area (TPSA) is 67.0 Å². The molecule has 2 N–H and O–H groups in total. The summed E-state index contributed by atoms with van der Waals surface area (Å²) in [5.41, 5.74) is 2.83. The molecule has 1 unspecified atom stereocenters. The predicted octanol–water partition coefficient (Wildman–Crippen LogP) is 4.04. The number of aromatic nitrogens is 1. The Balaban J connectivity index is 1.57. The van der Waals surface area contributed by atoms with E-state index in [9.17, 15) is 5.11 Å². The second kappa shape index (κ2) is 7.51. The molecule has 0 fully saturated rings. The van der Waals surface area contributed by atoms with Crippen LogP contribution in [0.25, 0.3) is 21.8 Å². The lowest BCUT2D eigenvalue weighted by atomic mass is 10.2. The highest BCUT2D eigenvalue weighted by Gasteiger charge is 2.14. The second-order valence-corrected chi connectivity index (χ2v) is 6.39. The normalized spacial score (nSPS) is 12.8. The average Bonchev–Trinajstić information content (AvgIpc) is 3.02. The zero-order valence-electron chi connectivity index (χ0n) is 14.7. The molecule has 5 heteroatoms. The highest BCUT2D eigenvalue weighted by Crippen LogP contribution is 2.29. The highest BCUT2D eigenvalue weighted by molar-refractivity contribution is 6.07. The maximum atomic E-state index is 10.6. The van der Waals surface area contributed by atoms with Gasteiger partial charge in [-0.3, -0.25) is 0 Å². The van der Waals surface area contributed by atoms with Crippen LogP contribution in [0.3, 0.4) is 0 Å². The molecule has 0 aliphatic heterocycles. The van der Waals surface area contributed by atoms with E-state index in [0.717, 1.165) is 11.0 Å². The molecule has 0 saturated carbocycles. The quantitative estimate of drug-likeness (QED) is 0.310. The molecule has 0 aliphatic rings. The third-order valence-corrected chi connectivity index (χ3v) is 4.62. The number of aliphatic hydroxyl groups excluding tert-OH is 1. The number of benzene rings is 3. The van der Waals surface area contributed by atoms with Crippen LogP contribution in [0, 0.1) is 0 Å². The van der Waals surface area contributed by atoms with Crippen molar-refractivity contribution in [1.29, 1.82) is 0 Å². The Morgan fingerprint density at radius 2 is 1.48 bits per heavy atom. The zero-order valence-corrected chi connectivity index (χ0v) is 14.7. The molecular weight excluding hydrogens is 340 g/mol. The summed E-state index contributed by atoms with van der Waals surface area (Å²) < 4.78 is 7.88. The SMILES string of the molecule is O/N=C/c1ccccc1OCC(O)Cn1c2ccccc2c2ccccc21. The molecule has 27 heavy (non-hydrogen) atoms. The fraction of sp³-hybridized carbons (Fsp3) is 0.136. The van der Waals surface area contributed by atoms with Crippen LogP contribution in [-0.2, 0) is 6.54 Å². The molecule has 1 aromatic heterocycles. The van der Waals surface area contributed by atoms with Gasteiger partial charge in [-0.25, -0.2) is 0 Å². The van der Waals surface area contributed by atoms with E-state index < -0.39 is 6.10 Å². The van der Waals surface area contributed by atoms with Gasteiger partial charge in [0, 0.05) is 27.4 Å². The number of para-hydroxylation sites is 3. The van der Waals surface area contributed by atoms with E-state index >= 15 is 0 Å². The minimum Gasteiger partial charge on any atom is -0.490 e. The number of ether oxygens (including phenoxy) is 1. The molecule has 3 aromatic carbocycles. The van der Waals surface area contributed by atoms with E-state index in [1.165, 1.54) is 17.0 Å². The average molecular weight is 360 g/mol. The van der Waals surface area contributed by atoms with Crippen molar-refractivity contribution in [3.05, 3.63) is 78.4 Å². The molecule has 0 amide bonds. The monoisotopic (exact) mass is 360 g/mol. The van der Waals surface area contributed by atoms with Crippen LogP contribution in [0.2, 0.25) is 0 Å². The van der Waals surface area contributed by atoms with Crippen LogP contribution in [0.1, 0.15) is 5.56 Å². The van der Waals surface area contributed by atoms with Crippen molar-refractivity contribution < 1.29 is 15.1 Å². The number of hydrogen-bond acceptors (Lipinski definition) is 4. The number of fused-ring (bicyclic) bond motifs is 3. The minimum absolute atomic E-state index is 0.136. The van der Waals surface area contributed by atoms with Crippen molar-refractivity contribution in [3.63, 3.8) is 0 Å². The first-order chi connectivity index (χ1) is 13.3. The summed E-state index contributed by atoms with van der Waals surface area (Å²) in [5, 5.41) is 24.7. The van der Waals surface area contributed by atoms with Crippen molar-refractivity contribution >= 4 is 28.0 Å². The van der Waals surface area contributed by atoms with Gasteiger partial charge in [0.2, 0.25) is 0 Å². The number of rotatable bonds is 6. The largest absolute Gasteiger partial charge is 0.490 e. The lowest BCUT2D eigenvalue weighted by Crippen LogP contribution is -2.23. The fourth-order valence-corrected chi connectivity index (χ4v) is 3.43. The van der Waals surface area contributed by atoms with Crippen molar-refractivity contribution in [3.8, 4) is 5.75 Å². The van der Waals surface area contributed by atoms with Crippen LogP contribution in [-0.4, -0.2) is 33.8 Å². The van der Waals surface area contributed by atoms with Gasteiger partial charge >= 0.3 is 0 Å². The van der Waals surface area contributed by atoms with Gasteiger partial charge in [-0.15, -0.1) is 0 Å². The lowest BCUT2D eigenvalue weighted by molar-refractivity contribution is 0.0944. The summed E-state index contributed by atoms with van der Waals surface area (Å²) in [6.07, 6.45) is 0.623. The van der Waals surface area contributed by atoms with Crippen LogP contribution < -0.4 is 4.74 Å². The number of hydrogen-bond donors (Lipinski definition) is 2. The van der Waals surface area contributed by atoms with Crippen molar-refractivity contribution in [1.82, 2.24) is 4.57 Å². The predicted molar refractivity (Wildman–Crippen MR) is 107 cm³/mol. The molecule has 4 aromatic rings. The standard InChI is InChI=1S/C22H20N2O3/c25-17(15-27-22-12-6-1-7-16(22)13-23-26)14-24-20-10-4-2-8-18(20)19-9-3-5-11-21(19)24/h1-13,17,25-26H,14-15H2/b23-13+. The fourth-order valence-electron chi connectivity index (χ4n) is 3.43. The molecule has 5 nitrogen and oxygen atoms in total. The number of nitrogens with zero attached hydrogens (tertiary/aromatic N) is 2. The zero-order chi connectivity index (χ0) is 18.6. The van der Waals surface area contributed by atoms with Gasteiger partial charge in [-0.1, -0.05) is 53.7 Å². The molecule has 0 radical (unpaired) electrons. The molecule has 1 heterocycles. The Kier molecular flexibility index (Phi) is 4.77. The molecule has 136 valence electrons. The van der Waals surface area contributed by atoms with Crippen LogP contribution in [0.5, 0.6) is 5.75 Å². The van der Waals surface area contributed by atoms with E-state index in [1.54, 1.807) is 12.1 Å². The summed E-state index contributed by atoms with van der Waals surface area (Å²) in [4.78, 5) is 0. The third-order valence-electron chi connectivity index (χ3n) is 4.62. The van der Waals surface area contributed by atoms with Gasteiger partial charge in [0.25, 0.3) is 0 Å². The van der Waals surface area contributed by atoms with Gasteiger partial charge < -0.3 is 19.6 Å². The van der Waals surface area contributed by atoms with Gasteiger partial charge in [-0.05, 0) is 24.3 Å². The second-order valence-electron chi connectivity index (χ2n) is 6.39. The smallest absolute Gasteiger partial charge is 0.128 e. The van der Waals surface area contributed by atoms with E-state index in [4.69, 9.17) is 9.94 Å².